The lowest BCUT2D eigenvalue weighted by atomic mass is 9.91. The summed E-state index contributed by atoms with van der Waals surface area (Å²) in [4.78, 5) is 25.1. The number of hydrogen-bond donors (Lipinski definition) is 0. The Hall–Kier alpha value is -3.17. The Balaban J connectivity index is 2.20. The minimum absolute atomic E-state index is 0.0278. The zero-order valence-electron chi connectivity index (χ0n) is 22.8. The van der Waals surface area contributed by atoms with E-state index in [2.05, 4.69) is 0 Å². The van der Waals surface area contributed by atoms with Gasteiger partial charge in [0.2, 0.25) is 0 Å². The smallest absolute Gasteiger partial charge is 0.432 e. The highest BCUT2D eigenvalue weighted by Crippen LogP contribution is 2.43. The lowest BCUT2D eigenvalue weighted by molar-refractivity contribution is -0.278. The predicted molar refractivity (Wildman–Crippen MR) is 140 cm³/mol. The highest BCUT2D eigenvalue weighted by Gasteiger charge is 2.64. The summed E-state index contributed by atoms with van der Waals surface area (Å²) in [6.07, 6.45) is -2.67. The van der Waals surface area contributed by atoms with E-state index in [4.69, 9.17) is 18.9 Å². The number of carbonyl (C=O) groups excluding carboxylic acids is 2. The largest absolute Gasteiger partial charge is 0.463 e. The van der Waals surface area contributed by atoms with E-state index in [9.17, 15) is 22.8 Å². The first kappa shape index (κ1) is 32.0. The Morgan fingerprint density at radius 2 is 1.56 bits per heavy atom. The quantitative estimate of drug-likeness (QED) is 0.189. The summed E-state index contributed by atoms with van der Waals surface area (Å²) in [6, 6.07) is 16.3. The van der Waals surface area contributed by atoms with Gasteiger partial charge in [-0.2, -0.15) is 13.2 Å². The molecule has 39 heavy (non-hydrogen) atoms. The zero-order valence-corrected chi connectivity index (χ0v) is 22.8. The topological polar surface area (TPSA) is 71.1 Å². The fourth-order valence-electron chi connectivity index (χ4n) is 4.07. The molecule has 0 aliphatic carbocycles. The monoisotopic (exact) mass is 550 g/mol. The molecule has 214 valence electrons. The highest BCUT2D eigenvalue weighted by atomic mass is 19.4. The molecule has 9 heteroatoms. The molecule has 0 radical (unpaired) electrons. The molecule has 4 atom stereocenters. The lowest BCUT2D eigenvalue weighted by Gasteiger charge is -2.34. The molecule has 0 spiro atoms. The van der Waals surface area contributed by atoms with E-state index >= 15 is 0 Å². The van der Waals surface area contributed by atoms with Gasteiger partial charge in [0.05, 0.1) is 13.2 Å². The number of esters is 2. The van der Waals surface area contributed by atoms with Crippen molar-refractivity contribution in [3.05, 3.63) is 83.9 Å². The second-order valence-corrected chi connectivity index (χ2v) is 9.35. The van der Waals surface area contributed by atoms with Crippen LogP contribution in [-0.4, -0.2) is 44.5 Å². The van der Waals surface area contributed by atoms with E-state index in [0.29, 0.717) is 19.6 Å². The maximum absolute atomic E-state index is 14.4. The standard InChI is InChI=1S/C30H37F3O6/c1-5-38-27(34)19-17-23(3)26(18-16-22(2)20-37-21-24-12-8-6-9-13-24)39-28(35)29(36-4,30(31,32)33)25-14-10-7-11-15-25/h6-15,17,19,22-23,26H,5,16,18,20-21H2,1-4H3/b19-17+/t22-,23+,26+,29-/m0/s1. The first-order chi connectivity index (χ1) is 18.5. The molecule has 0 aliphatic rings. The molecule has 6 nitrogen and oxygen atoms in total. The molecular weight excluding hydrogens is 513 g/mol. The molecular formula is C30H37F3O6. The number of halogens is 3. The van der Waals surface area contributed by atoms with Gasteiger partial charge in [-0.3, -0.25) is 0 Å². The van der Waals surface area contributed by atoms with Crippen molar-refractivity contribution in [3.8, 4) is 0 Å². The number of hydrogen-bond acceptors (Lipinski definition) is 6. The lowest BCUT2D eigenvalue weighted by Crippen LogP contribution is -2.52. The van der Waals surface area contributed by atoms with Gasteiger partial charge in [0, 0.05) is 31.3 Å². The van der Waals surface area contributed by atoms with Crippen molar-refractivity contribution in [2.45, 2.75) is 58.1 Å². The Kier molecular flexibility index (Phi) is 12.7. The normalized spacial score (nSPS) is 15.8. The number of ether oxygens (including phenoxy) is 4. The van der Waals surface area contributed by atoms with Gasteiger partial charge < -0.3 is 18.9 Å². The molecule has 0 saturated carbocycles. The Bertz CT molecular complexity index is 1040. The van der Waals surface area contributed by atoms with Gasteiger partial charge in [-0.25, -0.2) is 9.59 Å². The summed E-state index contributed by atoms with van der Waals surface area (Å²) in [5, 5.41) is 0. The van der Waals surface area contributed by atoms with E-state index in [1.165, 1.54) is 42.5 Å². The average molecular weight is 551 g/mol. The summed E-state index contributed by atoms with van der Waals surface area (Å²) in [6.45, 7) is 6.29. The van der Waals surface area contributed by atoms with E-state index in [1.54, 1.807) is 13.8 Å². The van der Waals surface area contributed by atoms with E-state index in [1.807, 2.05) is 37.3 Å². The molecule has 0 heterocycles. The van der Waals surface area contributed by atoms with Crippen molar-refractivity contribution in [1.82, 2.24) is 0 Å². The van der Waals surface area contributed by atoms with Crippen LogP contribution < -0.4 is 0 Å². The number of rotatable bonds is 15. The summed E-state index contributed by atoms with van der Waals surface area (Å²) >= 11 is 0. The van der Waals surface area contributed by atoms with Crippen molar-refractivity contribution in [2.75, 3.05) is 20.3 Å². The van der Waals surface area contributed by atoms with Gasteiger partial charge in [0.15, 0.2) is 0 Å². The third-order valence-electron chi connectivity index (χ3n) is 6.30. The summed E-state index contributed by atoms with van der Waals surface area (Å²) in [5.41, 5.74) is -2.67. The van der Waals surface area contributed by atoms with Crippen molar-refractivity contribution >= 4 is 11.9 Å². The third kappa shape index (κ3) is 9.21. The molecule has 2 aromatic rings. The molecule has 0 fully saturated rings. The first-order valence-corrected chi connectivity index (χ1v) is 12.9. The van der Waals surface area contributed by atoms with Crippen LogP contribution >= 0.6 is 0 Å². The van der Waals surface area contributed by atoms with E-state index in [0.717, 1.165) is 12.7 Å². The third-order valence-corrected chi connectivity index (χ3v) is 6.30. The first-order valence-electron chi connectivity index (χ1n) is 12.9. The van der Waals surface area contributed by atoms with Crippen molar-refractivity contribution in [3.63, 3.8) is 0 Å². The fourth-order valence-corrected chi connectivity index (χ4v) is 4.07. The molecule has 0 unspecified atom stereocenters. The minimum Gasteiger partial charge on any atom is -0.463 e. The minimum atomic E-state index is -5.09. The fraction of sp³-hybridized carbons (Fsp3) is 0.467. The Morgan fingerprint density at radius 1 is 0.949 bits per heavy atom. The Morgan fingerprint density at radius 3 is 2.13 bits per heavy atom. The van der Waals surface area contributed by atoms with Gasteiger partial charge in [-0.1, -0.05) is 80.6 Å². The molecule has 0 aliphatic heterocycles. The molecule has 2 rings (SSSR count). The van der Waals surface area contributed by atoms with E-state index < -0.39 is 35.7 Å². The van der Waals surface area contributed by atoms with Crippen molar-refractivity contribution in [2.24, 2.45) is 11.8 Å². The highest BCUT2D eigenvalue weighted by molar-refractivity contribution is 5.83. The van der Waals surface area contributed by atoms with Crippen LogP contribution in [0, 0.1) is 11.8 Å². The molecule has 0 N–H and O–H groups in total. The van der Waals surface area contributed by atoms with Gasteiger partial charge >= 0.3 is 18.1 Å². The average Bonchev–Trinajstić information content (AvgIpc) is 2.91. The van der Waals surface area contributed by atoms with Crippen LogP contribution in [0.25, 0.3) is 0 Å². The molecule has 0 bridgehead atoms. The second-order valence-electron chi connectivity index (χ2n) is 9.35. The maximum Gasteiger partial charge on any atom is 0.432 e. The molecule has 0 amide bonds. The van der Waals surface area contributed by atoms with Crippen LogP contribution in [0.5, 0.6) is 0 Å². The maximum atomic E-state index is 14.4. The van der Waals surface area contributed by atoms with E-state index in [-0.39, 0.29) is 24.5 Å². The number of carbonyl (C=O) groups is 2. The Labute approximate surface area is 228 Å². The molecule has 0 aromatic heterocycles. The number of alkyl halides is 3. The predicted octanol–water partition coefficient (Wildman–Crippen LogP) is 6.39. The van der Waals surface area contributed by atoms with Crippen LogP contribution in [0.4, 0.5) is 13.2 Å². The summed E-state index contributed by atoms with van der Waals surface area (Å²) in [7, 11) is 0.826. The summed E-state index contributed by atoms with van der Waals surface area (Å²) in [5.74, 6) is -2.73. The SMILES string of the molecule is CCOC(=O)/C=C/[C@@H](C)[C@@H](CC[C@H](C)COCc1ccccc1)OC(=O)[C@@](OC)(c1ccccc1)C(F)(F)F. The van der Waals surface area contributed by atoms with Gasteiger partial charge in [-0.15, -0.1) is 0 Å². The van der Waals surface area contributed by atoms with Crippen LogP contribution in [0.3, 0.4) is 0 Å². The molecule has 2 aromatic carbocycles. The van der Waals surface area contributed by atoms with Crippen LogP contribution in [0.2, 0.25) is 0 Å². The van der Waals surface area contributed by atoms with Gasteiger partial charge in [0.25, 0.3) is 5.60 Å². The second kappa shape index (κ2) is 15.4. The number of methoxy groups -OCH3 is 1. The van der Waals surface area contributed by atoms with Crippen LogP contribution in [0.15, 0.2) is 72.8 Å². The van der Waals surface area contributed by atoms with Crippen molar-refractivity contribution in [1.29, 1.82) is 0 Å². The zero-order chi connectivity index (χ0) is 28.9. The van der Waals surface area contributed by atoms with Crippen molar-refractivity contribution < 1.29 is 41.7 Å². The van der Waals surface area contributed by atoms with Gasteiger partial charge in [-0.05, 0) is 31.2 Å². The summed E-state index contributed by atoms with van der Waals surface area (Å²) < 4.78 is 64.2. The molecule has 0 saturated heterocycles. The van der Waals surface area contributed by atoms with Gasteiger partial charge in [0.1, 0.15) is 6.10 Å². The van der Waals surface area contributed by atoms with Crippen LogP contribution in [0.1, 0.15) is 44.7 Å². The number of benzene rings is 2. The van der Waals surface area contributed by atoms with Crippen LogP contribution in [-0.2, 0) is 40.7 Å².